The third kappa shape index (κ3) is 11.7. The summed E-state index contributed by atoms with van der Waals surface area (Å²) < 4.78 is 13.8. The lowest BCUT2D eigenvalue weighted by atomic mass is 9.80. The number of carbonyl (C=O) groups is 2. The molecule has 2 amide bonds. The van der Waals surface area contributed by atoms with Gasteiger partial charge in [0.05, 0.1) is 17.1 Å². The van der Waals surface area contributed by atoms with Crippen LogP contribution in [-0.2, 0) is 27.1 Å². The van der Waals surface area contributed by atoms with Crippen molar-refractivity contribution >= 4 is 23.3 Å². The fourth-order valence-corrected chi connectivity index (χ4v) is 3.68. The molecule has 6 N–H and O–H groups in total. The molecule has 1 fully saturated rings. The topological polar surface area (TPSA) is 137 Å². The Morgan fingerprint density at radius 2 is 2.00 bits per heavy atom. The van der Waals surface area contributed by atoms with Crippen LogP contribution in [0.5, 0.6) is 0 Å². The van der Waals surface area contributed by atoms with Crippen LogP contribution in [0.25, 0.3) is 0 Å². The predicted molar refractivity (Wildman–Crippen MR) is 137 cm³/mol. The van der Waals surface area contributed by atoms with Crippen molar-refractivity contribution in [3.05, 3.63) is 35.4 Å². The molecule has 0 bridgehead atoms. The average Bonchev–Trinajstić information content (AvgIpc) is 3.26. The summed E-state index contributed by atoms with van der Waals surface area (Å²) in [4.78, 5) is 24.1. The maximum Gasteiger partial charge on any atom is 0.241 e. The van der Waals surface area contributed by atoms with Crippen LogP contribution in [-0.4, -0.2) is 64.6 Å². The molecule has 3 atom stereocenters. The lowest BCUT2D eigenvalue weighted by molar-refractivity contribution is -0.135. The van der Waals surface area contributed by atoms with E-state index in [0.29, 0.717) is 45.4 Å². The van der Waals surface area contributed by atoms with Crippen LogP contribution in [0.1, 0.15) is 51.7 Å². The number of hydrazine groups is 1. The van der Waals surface area contributed by atoms with Gasteiger partial charge in [-0.3, -0.25) is 15.4 Å². The van der Waals surface area contributed by atoms with Crippen molar-refractivity contribution in [2.45, 2.75) is 59.2 Å². The first-order valence-electron chi connectivity index (χ1n) is 11.4. The van der Waals surface area contributed by atoms with Gasteiger partial charge in [0, 0.05) is 38.0 Å². The van der Waals surface area contributed by atoms with E-state index in [4.69, 9.17) is 12.3 Å². The minimum absolute atomic E-state index is 0.0910. The Morgan fingerprint density at radius 3 is 2.44 bits per heavy atom. The highest BCUT2D eigenvalue weighted by atomic mass is 32.2. The first-order valence-corrected chi connectivity index (χ1v) is 12.9. The number of likely N-dealkylation sites (tertiary alicyclic amines) is 1. The maximum atomic E-state index is 12.5. The fraction of sp³-hybridized carbons (Fsp3) is 0.583. The summed E-state index contributed by atoms with van der Waals surface area (Å²) in [7, 11) is -1.06. The summed E-state index contributed by atoms with van der Waals surface area (Å²) >= 11 is 0. The Labute approximate surface area is 206 Å². The molecule has 1 heterocycles. The zero-order valence-corrected chi connectivity index (χ0v) is 21.8. The lowest BCUT2D eigenvalue weighted by Crippen LogP contribution is -2.56. The van der Waals surface area contributed by atoms with Gasteiger partial charge >= 0.3 is 0 Å². The maximum absolute atomic E-state index is 12.5. The van der Waals surface area contributed by atoms with Gasteiger partial charge < -0.3 is 15.3 Å². The van der Waals surface area contributed by atoms with Crippen molar-refractivity contribution < 1.29 is 18.9 Å². The van der Waals surface area contributed by atoms with E-state index in [1.54, 1.807) is 11.2 Å². The third-order valence-electron chi connectivity index (χ3n) is 5.25. The van der Waals surface area contributed by atoms with Gasteiger partial charge in [-0.2, -0.15) is 0 Å². The summed E-state index contributed by atoms with van der Waals surface area (Å²) in [6.45, 7) is 9.92. The smallest absolute Gasteiger partial charge is 0.241 e. The molecule has 0 spiro atoms. The Balaban J connectivity index is 0.000000662. The Hall–Kier alpha value is -2.29. The summed E-state index contributed by atoms with van der Waals surface area (Å²) in [6.07, 6.45) is 8.25. The van der Waals surface area contributed by atoms with Gasteiger partial charge in [0.15, 0.2) is 0 Å². The third-order valence-corrected chi connectivity index (χ3v) is 5.87. The van der Waals surface area contributed by atoms with E-state index in [9.17, 15) is 18.9 Å². The number of benzene rings is 1. The largest absolute Gasteiger partial charge is 0.391 e. The van der Waals surface area contributed by atoms with E-state index in [2.05, 4.69) is 21.4 Å². The molecule has 0 saturated carbocycles. The molecule has 3 unspecified atom stereocenters. The molecule has 1 aromatic carbocycles. The van der Waals surface area contributed by atoms with E-state index in [0.717, 1.165) is 11.1 Å². The number of nitrogens with one attached hydrogen (secondary N) is 3. The number of nitrogens with zero attached hydrogens (tertiary/aromatic N) is 1. The van der Waals surface area contributed by atoms with Gasteiger partial charge in [-0.25, -0.2) is 14.4 Å². The van der Waals surface area contributed by atoms with Gasteiger partial charge in [0.1, 0.15) is 6.04 Å². The SMILES string of the molecule is C#Cc1ccc(CNC=O)cc1.CC.CS(=O)NCCC(C)(C)C(NN)C(=O)N1CCC(O)C1. The molecule has 2 rings (SSSR count). The highest BCUT2D eigenvalue weighted by molar-refractivity contribution is 7.82. The first kappa shape index (κ1) is 31.7. The first-order chi connectivity index (χ1) is 16.1. The molecule has 0 aliphatic carbocycles. The van der Waals surface area contributed by atoms with Gasteiger partial charge in [0.2, 0.25) is 12.3 Å². The van der Waals surface area contributed by atoms with Gasteiger partial charge in [0.25, 0.3) is 0 Å². The van der Waals surface area contributed by atoms with Gasteiger partial charge in [-0.1, -0.05) is 45.7 Å². The van der Waals surface area contributed by atoms with Crippen molar-refractivity contribution in [1.82, 2.24) is 20.4 Å². The van der Waals surface area contributed by atoms with Gasteiger partial charge in [-0.15, -0.1) is 6.42 Å². The molecular weight excluding hydrogens is 454 g/mol. The van der Waals surface area contributed by atoms with Crippen LogP contribution >= 0.6 is 0 Å². The minimum atomic E-state index is -1.06. The molecule has 10 heteroatoms. The molecule has 9 nitrogen and oxygen atoms in total. The summed E-state index contributed by atoms with van der Waals surface area (Å²) in [5.41, 5.74) is 4.11. The normalized spacial score (nSPS) is 16.6. The summed E-state index contributed by atoms with van der Waals surface area (Å²) in [5, 5.41) is 12.1. The molecule has 1 saturated heterocycles. The number of aliphatic hydroxyl groups is 1. The number of hydrogen-bond acceptors (Lipinski definition) is 6. The zero-order chi connectivity index (χ0) is 26.1. The number of amides is 2. The van der Waals surface area contributed by atoms with Crippen molar-refractivity contribution in [2.24, 2.45) is 11.3 Å². The highest BCUT2D eigenvalue weighted by Crippen LogP contribution is 2.27. The van der Waals surface area contributed by atoms with E-state index in [-0.39, 0.29) is 11.3 Å². The lowest BCUT2D eigenvalue weighted by Gasteiger charge is -2.35. The van der Waals surface area contributed by atoms with E-state index in [1.807, 2.05) is 52.0 Å². The van der Waals surface area contributed by atoms with Crippen LogP contribution in [0.15, 0.2) is 24.3 Å². The molecule has 0 aromatic heterocycles. The fourth-order valence-electron chi connectivity index (χ4n) is 3.30. The van der Waals surface area contributed by atoms with Crippen molar-refractivity contribution in [3.8, 4) is 12.3 Å². The van der Waals surface area contributed by atoms with Crippen LogP contribution in [0, 0.1) is 17.8 Å². The quantitative estimate of drug-likeness (QED) is 0.140. The highest BCUT2D eigenvalue weighted by Gasteiger charge is 2.38. The van der Waals surface area contributed by atoms with Crippen molar-refractivity contribution in [2.75, 3.05) is 25.9 Å². The van der Waals surface area contributed by atoms with Crippen LogP contribution in [0.4, 0.5) is 0 Å². The standard InChI is InChI=1S/C12H26N4O3S.C10H9NO.C2H6/c1-12(2,5-6-14-20(3)19)10(15-13)11(18)16-7-4-9(17)8-16;1-2-9-3-5-10(6-4-9)7-11-8-12;1-2/h9-10,14-15,17H,4-8,13H2,1-3H3;1,3-6,8H,7H2,(H,11,12);1-2H3. The second kappa shape index (κ2) is 17.2. The molecule has 0 radical (unpaired) electrons. The summed E-state index contributed by atoms with van der Waals surface area (Å²) in [5.74, 6) is 7.98. The average molecular weight is 496 g/mol. The number of carbonyl (C=O) groups excluding carboxylic acids is 2. The van der Waals surface area contributed by atoms with Crippen LogP contribution in [0.2, 0.25) is 0 Å². The number of nitrogens with two attached hydrogens (primary N) is 1. The van der Waals surface area contributed by atoms with E-state index >= 15 is 0 Å². The monoisotopic (exact) mass is 495 g/mol. The molecule has 1 aliphatic rings. The second-order valence-electron chi connectivity index (χ2n) is 8.25. The number of rotatable bonds is 10. The van der Waals surface area contributed by atoms with Crippen LogP contribution in [0.3, 0.4) is 0 Å². The van der Waals surface area contributed by atoms with Crippen molar-refractivity contribution in [3.63, 3.8) is 0 Å². The Bertz CT molecular complexity index is 796. The number of hydrogen-bond donors (Lipinski definition) is 5. The minimum Gasteiger partial charge on any atom is -0.391 e. The molecule has 34 heavy (non-hydrogen) atoms. The van der Waals surface area contributed by atoms with Crippen molar-refractivity contribution in [1.29, 1.82) is 0 Å². The molecule has 1 aromatic rings. The molecular formula is C24H41N5O4S. The second-order valence-corrected chi connectivity index (χ2v) is 9.45. The Kier molecular flexibility index (Phi) is 16.0. The van der Waals surface area contributed by atoms with Gasteiger partial charge in [-0.05, 0) is 36.0 Å². The zero-order valence-electron chi connectivity index (χ0n) is 21.0. The summed E-state index contributed by atoms with van der Waals surface area (Å²) in [6, 6.07) is 6.96. The Morgan fingerprint density at radius 1 is 1.38 bits per heavy atom. The predicted octanol–water partition coefficient (Wildman–Crippen LogP) is 0.651. The van der Waals surface area contributed by atoms with Crippen LogP contribution < -0.4 is 21.3 Å². The molecule has 1 aliphatic heterocycles. The number of terminal acetylenes is 1. The number of β-amino-alcohol motifs (C(OH)–C–C–N with tert-alkyl or cyclic N) is 1. The number of aliphatic hydroxyl groups excluding tert-OH is 1. The van der Waals surface area contributed by atoms with E-state index in [1.165, 1.54) is 0 Å². The van der Waals surface area contributed by atoms with E-state index < -0.39 is 23.1 Å². The molecule has 192 valence electrons.